The summed E-state index contributed by atoms with van der Waals surface area (Å²) in [5.74, 6) is 0. The SMILES string of the molecule is CC=CC(CCN=C=O)OC. The third-order valence-corrected chi connectivity index (χ3v) is 1.30. The van der Waals surface area contributed by atoms with E-state index in [1.165, 1.54) is 6.08 Å². The Hall–Kier alpha value is -0.920. The zero-order valence-corrected chi connectivity index (χ0v) is 6.91. The van der Waals surface area contributed by atoms with Gasteiger partial charge >= 0.3 is 0 Å². The summed E-state index contributed by atoms with van der Waals surface area (Å²) >= 11 is 0. The molecule has 0 N–H and O–H groups in total. The van der Waals surface area contributed by atoms with Gasteiger partial charge in [0, 0.05) is 7.11 Å². The van der Waals surface area contributed by atoms with E-state index in [9.17, 15) is 4.79 Å². The minimum atomic E-state index is 0.0668. The van der Waals surface area contributed by atoms with Gasteiger partial charge in [-0.25, -0.2) is 9.79 Å². The predicted octanol–water partition coefficient (Wildman–Crippen LogP) is 1.30. The van der Waals surface area contributed by atoms with Gasteiger partial charge in [-0.15, -0.1) is 0 Å². The number of allylic oxidation sites excluding steroid dienone is 1. The average molecular weight is 155 g/mol. The smallest absolute Gasteiger partial charge is 0.234 e. The molecule has 0 aliphatic carbocycles. The van der Waals surface area contributed by atoms with Crippen molar-refractivity contribution in [3.8, 4) is 0 Å². The van der Waals surface area contributed by atoms with Crippen LogP contribution in [0.25, 0.3) is 0 Å². The van der Waals surface area contributed by atoms with Crippen LogP contribution in [0.3, 0.4) is 0 Å². The van der Waals surface area contributed by atoms with E-state index in [-0.39, 0.29) is 6.10 Å². The Morgan fingerprint density at radius 1 is 1.73 bits per heavy atom. The molecule has 0 aliphatic heterocycles. The first-order valence-corrected chi connectivity index (χ1v) is 3.54. The molecule has 0 fully saturated rings. The summed E-state index contributed by atoms with van der Waals surface area (Å²) in [7, 11) is 1.63. The summed E-state index contributed by atoms with van der Waals surface area (Å²) in [6, 6.07) is 0. The molecular weight excluding hydrogens is 142 g/mol. The van der Waals surface area contributed by atoms with Crippen LogP contribution in [0, 0.1) is 0 Å². The maximum absolute atomic E-state index is 9.68. The van der Waals surface area contributed by atoms with Crippen LogP contribution in [-0.4, -0.2) is 25.8 Å². The molecule has 0 aliphatic rings. The third kappa shape index (κ3) is 5.52. The van der Waals surface area contributed by atoms with Crippen LogP contribution in [0.1, 0.15) is 13.3 Å². The van der Waals surface area contributed by atoms with Gasteiger partial charge in [0.1, 0.15) is 0 Å². The first-order chi connectivity index (χ1) is 5.35. The minimum Gasteiger partial charge on any atom is -0.377 e. The van der Waals surface area contributed by atoms with Crippen LogP contribution >= 0.6 is 0 Å². The van der Waals surface area contributed by atoms with Gasteiger partial charge in [0.2, 0.25) is 6.08 Å². The monoisotopic (exact) mass is 155 g/mol. The molecule has 0 saturated carbocycles. The molecule has 0 saturated heterocycles. The molecule has 1 atom stereocenters. The second kappa shape index (κ2) is 7.19. The molecule has 1 unspecified atom stereocenters. The molecule has 0 rings (SSSR count). The van der Waals surface area contributed by atoms with E-state index >= 15 is 0 Å². The lowest BCUT2D eigenvalue weighted by Crippen LogP contribution is -2.07. The summed E-state index contributed by atoms with van der Waals surface area (Å²) < 4.78 is 5.06. The molecular formula is C8H13NO2. The van der Waals surface area contributed by atoms with E-state index in [0.717, 1.165) is 6.42 Å². The molecule has 3 nitrogen and oxygen atoms in total. The van der Waals surface area contributed by atoms with E-state index in [4.69, 9.17) is 4.74 Å². The second-order valence-electron chi connectivity index (χ2n) is 2.06. The van der Waals surface area contributed by atoms with Crippen molar-refractivity contribution in [2.24, 2.45) is 4.99 Å². The first kappa shape index (κ1) is 10.1. The highest BCUT2D eigenvalue weighted by molar-refractivity contribution is 5.32. The van der Waals surface area contributed by atoms with Crippen molar-refractivity contribution in [3.63, 3.8) is 0 Å². The number of hydrogen-bond acceptors (Lipinski definition) is 3. The zero-order valence-electron chi connectivity index (χ0n) is 6.91. The van der Waals surface area contributed by atoms with Crippen LogP contribution in [0.2, 0.25) is 0 Å². The van der Waals surface area contributed by atoms with Crippen LogP contribution in [0.4, 0.5) is 0 Å². The third-order valence-electron chi connectivity index (χ3n) is 1.30. The standard InChI is InChI=1S/C8H13NO2/c1-3-4-8(11-2)5-6-9-7-10/h3-4,8H,5-6H2,1-2H3. The summed E-state index contributed by atoms with van der Waals surface area (Å²) in [5.41, 5.74) is 0. The Morgan fingerprint density at radius 2 is 2.45 bits per heavy atom. The van der Waals surface area contributed by atoms with Gasteiger partial charge in [-0.05, 0) is 13.3 Å². The van der Waals surface area contributed by atoms with Gasteiger partial charge in [0.15, 0.2) is 0 Å². The fourth-order valence-corrected chi connectivity index (χ4v) is 0.745. The van der Waals surface area contributed by atoms with Crippen molar-refractivity contribution < 1.29 is 9.53 Å². The first-order valence-electron chi connectivity index (χ1n) is 3.54. The Labute approximate surface area is 66.8 Å². The molecule has 0 heterocycles. The lowest BCUT2D eigenvalue weighted by atomic mass is 10.2. The highest BCUT2D eigenvalue weighted by Crippen LogP contribution is 1.98. The van der Waals surface area contributed by atoms with Gasteiger partial charge in [0.25, 0.3) is 0 Å². The molecule has 0 spiro atoms. The predicted molar refractivity (Wildman–Crippen MR) is 43.2 cm³/mol. The Kier molecular flexibility index (Phi) is 6.59. The summed E-state index contributed by atoms with van der Waals surface area (Å²) in [4.78, 5) is 13.1. The number of hydrogen-bond donors (Lipinski definition) is 0. The van der Waals surface area contributed by atoms with E-state index in [0.29, 0.717) is 6.54 Å². The largest absolute Gasteiger partial charge is 0.377 e. The number of rotatable bonds is 5. The molecule has 62 valence electrons. The number of isocyanates is 1. The number of carbonyl (C=O) groups excluding carboxylic acids is 1. The fourth-order valence-electron chi connectivity index (χ4n) is 0.745. The molecule has 11 heavy (non-hydrogen) atoms. The summed E-state index contributed by atoms with van der Waals surface area (Å²) in [6.45, 7) is 2.40. The van der Waals surface area contributed by atoms with Crippen molar-refractivity contribution in [1.29, 1.82) is 0 Å². The highest BCUT2D eigenvalue weighted by atomic mass is 16.5. The number of methoxy groups -OCH3 is 1. The molecule has 0 aromatic rings. The summed E-state index contributed by atoms with van der Waals surface area (Å²) in [6.07, 6.45) is 6.13. The van der Waals surface area contributed by atoms with E-state index in [2.05, 4.69) is 4.99 Å². The maximum Gasteiger partial charge on any atom is 0.234 e. The van der Waals surface area contributed by atoms with Crippen LogP contribution < -0.4 is 0 Å². The molecule has 0 aromatic heterocycles. The quantitative estimate of drug-likeness (QED) is 0.341. The minimum absolute atomic E-state index is 0.0668. The Bertz CT molecular complexity index is 159. The lowest BCUT2D eigenvalue weighted by molar-refractivity contribution is 0.135. The van der Waals surface area contributed by atoms with Gasteiger partial charge in [-0.3, -0.25) is 0 Å². The lowest BCUT2D eigenvalue weighted by Gasteiger charge is -2.06. The van der Waals surface area contributed by atoms with Gasteiger partial charge < -0.3 is 4.74 Å². The average Bonchev–Trinajstić information content (AvgIpc) is 2.03. The van der Waals surface area contributed by atoms with Crippen molar-refractivity contribution >= 4 is 6.08 Å². The molecule has 0 amide bonds. The van der Waals surface area contributed by atoms with E-state index < -0.39 is 0 Å². The van der Waals surface area contributed by atoms with Crippen LogP contribution in [0.15, 0.2) is 17.1 Å². The van der Waals surface area contributed by atoms with Crippen LogP contribution in [-0.2, 0) is 9.53 Å². The molecule has 3 heteroatoms. The van der Waals surface area contributed by atoms with Gasteiger partial charge in [-0.1, -0.05) is 12.2 Å². The molecule has 0 radical (unpaired) electrons. The number of ether oxygens (including phenoxy) is 1. The number of aliphatic imine (C=N–C) groups is 1. The van der Waals surface area contributed by atoms with Gasteiger partial charge in [-0.2, -0.15) is 0 Å². The highest BCUT2D eigenvalue weighted by Gasteiger charge is 1.99. The second-order valence-corrected chi connectivity index (χ2v) is 2.06. The molecule has 0 bridgehead atoms. The van der Waals surface area contributed by atoms with E-state index in [1.807, 2.05) is 19.1 Å². The normalized spacial score (nSPS) is 12.9. The van der Waals surface area contributed by atoms with E-state index in [1.54, 1.807) is 7.11 Å². The van der Waals surface area contributed by atoms with Crippen LogP contribution in [0.5, 0.6) is 0 Å². The fraction of sp³-hybridized carbons (Fsp3) is 0.625. The zero-order chi connectivity index (χ0) is 8.53. The Balaban J connectivity index is 3.59. The van der Waals surface area contributed by atoms with Crippen molar-refractivity contribution in [1.82, 2.24) is 0 Å². The van der Waals surface area contributed by atoms with Gasteiger partial charge in [0.05, 0.1) is 12.6 Å². The number of nitrogens with zero attached hydrogens (tertiary/aromatic N) is 1. The topological polar surface area (TPSA) is 38.7 Å². The van der Waals surface area contributed by atoms with Crippen molar-refractivity contribution in [2.45, 2.75) is 19.4 Å². The summed E-state index contributed by atoms with van der Waals surface area (Å²) in [5, 5.41) is 0. The Morgan fingerprint density at radius 3 is 2.91 bits per heavy atom. The van der Waals surface area contributed by atoms with Crippen molar-refractivity contribution in [2.75, 3.05) is 13.7 Å². The van der Waals surface area contributed by atoms with Crippen molar-refractivity contribution in [3.05, 3.63) is 12.2 Å². The maximum atomic E-state index is 9.68. The molecule has 0 aromatic carbocycles.